The second kappa shape index (κ2) is 5.25. The van der Waals surface area contributed by atoms with Crippen LogP contribution < -0.4 is 0 Å². The van der Waals surface area contributed by atoms with Crippen LogP contribution in [-0.4, -0.2) is 4.98 Å². The minimum Gasteiger partial charge on any atom is -0.256 e. The molecule has 0 amide bonds. The largest absolute Gasteiger partial charge is 0.256 e. The molecule has 3 aromatic rings. The second-order valence-corrected chi connectivity index (χ2v) is 4.68. The number of benzene rings is 2. The highest BCUT2D eigenvalue weighted by molar-refractivity contribution is 6.33. The van der Waals surface area contributed by atoms with Gasteiger partial charge < -0.3 is 0 Å². The lowest BCUT2D eigenvalue weighted by Gasteiger charge is -2.07. The molecule has 0 aliphatic carbocycles. The van der Waals surface area contributed by atoms with Gasteiger partial charge in [0.1, 0.15) is 0 Å². The first-order valence-electron chi connectivity index (χ1n) is 6.11. The first kappa shape index (κ1) is 11.9. The molecule has 0 saturated carbocycles. The molecule has 92 valence electrons. The zero-order valence-corrected chi connectivity index (χ0v) is 11.0. The fraction of sp³-hybridized carbons (Fsp3) is 0. The number of aromatic nitrogens is 1. The summed E-state index contributed by atoms with van der Waals surface area (Å²) in [5, 5.41) is 0.765. The van der Waals surface area contributed by atoms with Crippen LogP contribution in [0, 0.1) is 0 Å². The van der Waals surface area contributed by atoms with Gasteiger partial charge in [-0.25, -0.2) is 0 Å². The Morgan fingerprint density at radius 2 is 1.53 bits per heavy atom. The molecule has 1 nitrogen and oxygen atoms in total. The van der Waals surface area contributed by atoms with Gasteiger partial charge in [0.2, 0.25) is 0 Å². The van der Waals surface area contributed by atoms with Gasteiger partial charge in [-0.3, -0.25) is 4.98 Å². The molecular weight excluding hydrogens is 254 g/mol. The van der Waals surface area contributed by atoms with Gasteiger partial charge in [0, 0.05) is 22.3 Å². The van der Waals surface area contributed by atoms with E-state index < -0.39 is 0 Å². The van der Waals surface area contributed by atoms with Crippen LogP contribution in [0.3, 0.4) is 0 Å². The van der Waals surface area contributed by atoms with Gasteiger partial charge in [-0.2, -0.15) is 0 Å². The van der Waals surface area contributed by atoms with Gasteiger partial charge in [0.15, 0.2) is 0 Å². The zero-order chi connectivity index (χ0) is 13.1. The maximum atomic E-state index is 6.24. The summed E-state index contributed by atoms with van der Waals surface area (Å²) < 4.78 is 0. The van der Waals surface area contributed by atoms with E-state index in [0.29, 0.717) is 0 Å². The molecule has 1 heterocycles. The highest BCUT2D eigenvalue weighted by atomic mass is 35.5. The van der Waals surface area contributed by atoms with Gasteiger partial charge in [-0.15, -0.1) is 0 Å². The lowest BCUT2D eigenvalue weighted by Crippen LogP contribution is -1.84. The molecule has 0 bridgehead atoms. The molecule has 0 atom stereocenters. The predicted octanol–water partition coefficient (Wildman–Crippen LogP) is 5.07. The molecule has 0 aliphatic rings. The number of halogens is 1. The Kier molecular flexibility index (Phi) is 3.30. The molecule has 19 heavy (non-hydrogen) atoms. The van der Waals surface area contributed by atoms with Crippen LogP contribution in [-0.2, 0) is 0 Å². The fourth-order valence-corrected chi connectivity index (χ4v) is 2.32. The number of hydrogen-bond donors (Lipinski definition) is 0. The van der Waals surface area contributed by atoms with Crippen LogP contribution in [0.4, 0.5) is 0 Å². The molecule has 0 spiro atoms. The summed E-state index contributed by atoms with van der Waals surface area (Å²) in [6.45, 7) is 0. The van der Waals surface area contributed by atoms with E-state index in [4.69, 9.17) is 11.6 Å². The molecular formula is C17H12ClN. The Labute approximate surface area is 117 Å². The summed E-state index contributed by atoms with van der Waals surface area (Å²) in [5.41, 5.74) is 4.21. The van der Waals surface area contributed by atoms with Crippen molar-refractivity contribution in [2.24, 2.45) is 0 Å². The molecule has 2 heteroatoms. The fourth-order valence-electron chi connectivity index (χ4n) is 2.07. The molecule has 0 saturated heterocycles. The molecule has 0 fully saturated rings. The molecule has 0 unspecified atom stereocenters. The van der Waals surface area contributed by atoms with Crippen molar-refractivity contribution >= 4 is 11.6 Å². The van der Waals surface area contributed by atoms with Crippen LogP contribution in [0.5, 0.6) is 0 Å². The molecule has 0 aliphatic heterocycles. The van der Waals surface area contributed by atoms with E-state index in [2.05, 4.69) is 23.2 Å². The van der Waals surface area contributed by atoms with Crippen molar-refractivity contribution in [3.8, 4) is 22.4 Å². The third-order valence-corrected chi connectivity index (χ3v) is 3.34. The molecule has 0 radical (unpaired) electrons. The van der Waals surface area contributed by atoms with Crippen molar-refractivity contribution in [3.05, 3.63) is 77.9 Å². The summed E-state index contributed by atoms with van der Waals surface area (Å²) >= 11 is 6.24. The SMILES string of the molecule is Clc1ccccc1-c1cccc(-c2ccccn2)c1. The first-order valence-corrected chi connectivity index (χ1v) is 6.49. The van der Waals surface area contributed by atoms with Crippen LogP contribution in [0.25, 0.3) is 22.4 Å². The van der Waals surface area contributed by atoms with E-state index in [9.17, 15) is 0 Å². The number of nitrogens with zero attached hydrogens (tertiary/aromatic N) is 1. The highest BCUT2D eigenvalue weighted by Gasteiger charge is 2.04. The van der Waals surface area contributed by atoms with Crippen molar-refractivity contribution < 1.29 is 0 Å². The highest BCUT2D eigenvalue weighted by Crippen LogP contribution is 2.30. The van der Waals surface area contributed by atoms with Gasteiger partial charge >= 0.3 is 0 Å². The van der Waals surface area contributed by atoms with E-state index in [1.54, 1.807) is 6.20 Å². The van der Waals surface area contributed by atoms with Gasteiger partial charge in [-0.1, -0.05) is 54.1 Å². The Morgan fingerprint density at radius 3 is 2.32 bits per heavy atom. The molecule has 1 aromatic heterocycles. The van der Waals surface area contributed by atoms with Crippen LogP contribution in [0.1, 0.15) is 0 Å². The topological polar surface area (TPSA) is 12.9 Å². The first-order chi connectivity index (χ1) is 9.34. The average molecular weight is 266 g/mol. The lowest BCUT2D eigenvalue weighted by atomic mass is 10.0. The summed E-state index contributed by atoms with van der Waals surface area (Å²) in [5.74, 6) is 0. The van der Waals surface area contributed by atoms with E-state index in [1.807, 2.05) is 48.5 Å². The Bertz CT molecular complexity index is 692. The van der Waals surface area contributed by atoms with Crippen LogP contribution in [0.15, 0.2) is 72.9 Å². The Morgan fingerprint density at radius 1 is 0.737 bits per heavy atom. The lowest BCUT2D eigenvalue weighted by molar-refractivity contribution is 1.33. The maximum absolute atomic E-state index is 6.24. The summed E-state index contributed by atoms with van der Waals surface area (Å²) in [6, 6.07) is 22.0. The Hall–Kier alpha value is -2.12. The van der Waals surface area contributed by atoms with E-state index in [-0.39, 0.29) is 0 Å². The Balaban J connectivity index is 2.09. The van der Waals surface area contributed by atoms with E-state index >= 15 is 0 Å². The normalized spacial score (nSPS) is 10.4. The summed E-state index contributed by atoms with van der Waals surface area (Å²) in [7, 11) is 0. The minimum absolute atomic E-state index is 0.765. The average Bonchev–Trinajstić information content (AvgIpc) is 2.49. The molecule has 3 rings (SSSR count). The minimum atomic E-state index is 0.765. The van der Waals surface area contributed by atoms with Crippen molar-refractivity contribution in [1.82, 2.24) is 4.98 Å². The zero-order valence-electron chi connectivity index (χ0n) is 10.3. The number of pyridine rings is 1. The molecule has 0 N–H and O–H groups in total. The van der Waals surface area contributed by atoms with Crippen molar-refractivity contribution in [2.45, 2.75) is 0 Å². The summed E-state index contributed by atoms with van der Waals surface area (Å²) in [4.78, 5) is 4.37. The number of hydrogen-bond acceptors (Lipinski definition) is 1. The maximum Gasteiger partial charge on any atom is 0.0702 e. The van der Waals surface area contributed by atoms with Crippen molar-refractivity contribution in [1.29, 1.82) is 0 Å². The predicted molar refractivity (Wildman–Crippen MR) is 80.1 cm³/mol. The van der Waals surface area contributed by atoms with E-state index in [1.165, 1.54) is 0 Å². The van der Waals surface area contributed by atoms with Crippen LogP contribution in [0.2, 0.25) is 5.02 Å². The van der Waals surface area contributed by atoms with Crippen molar-refractivity contribution in [3.63, 3.8) is 0 Å². The van der Waals surface area contributed by atoms with Gasteiger partial charge in [0.05, 0.1) is 5.69 Å². The monoisotopic (exact) mass is 265 g/mol. The quantitative estimate of drug-likeness (QED) is 0.630. The third kappa shape index (κ3) is 2.51. The number of rotatable bonds is 2. The van der Waals surface area contributed by atoms with Gasteiger partial charge in [-0.05, 0) is 29.8 Å². The molecule has 2 aromatic carbocycles. The summed E-state index contributed by atoms with van der Waals surface area (Å²) in [6.07, 6.45) is 1.80. The third-order valence-electron chi connectivity index (χ3n) is 3.01. The van der Waals surface area contributed by atoms with Crippen molar-refractivity contribution in [2.75, 3.05) is 0 Å². The second-order valence-electron chi connectivity index (χ2n) is 4.28. The van der Waals surface area contributed by atoms with Crippen LogP contribution >= 0.6 is 11.6 Å². The van der Waals surface area contributed by atoms with Gasteiger partial charge in [0.25, 0.3) is 0 Å². The van der Waals surface area contributed by atoms with E-state index in [0.717, 1.165) is 27.4 Å². The smallest absolute Gasteiger partial charge is 0.0702 e. The standard InChI is InChI=1S/C17H12ClN/c18-16-9-2-1-8-15(16)13-6-5-7-14(12-13)17-10-3-4-11-19-17/h1-12H.